The van der Waals surface area contributed by atoms with Gasteiger partial charge < -0.3 is 0 Å². The Balaban J connectivity index is 3.79. The van der Waals surface area contributed by atoms with E-state index in [9.17, 15) is 0 Å². The number of nitrogens with zero attached hydrogens (tertiary/aromatic N) is 1. The van der Waals surface area contributed by atoms with Gasteiger partial charge in [-0.25, -0.2) is 0 Å². The third kappa shape index (κ3) is 3.83. The average Bonchev–Trinajstić information content (AvgIpc) is 2.02. The summed E-state index contributed by atoms with van der Waals surface area (Å²) in [5, 5.41) is 8.49. The van der Waals surface area contributed by atoms with Crippen molar-refractivity contribution in [1.82, 2.24) is 0 Å². The summed E-state index contributed by atoms with van der Waals surface area (Å²) in [7, 11) is 0. The molecule has 0 heterocycles. The van der Waals surface area contributed by atoms with Crippen LogP contribution in [0, 0.1) is 23.2 Å². The Hall–Kier alpha value is -0.770. The van der Waals surface area contributed by atoms with Crippen molar-refractivity contribution in [1.29, 1.82) is 5.26 Å². The third-order valence-corrected chi connectivity index (χ3v) is 2.34. The highest BCUT2D eigenvalue weighted by Gasteiger charge is 2.10. The average molecular weight is 151 g/mol. The van der Waals surface area contributed by atoms with E-state index < -0.39 is 0 Å². The maximum atomic E-state index is 8.49. The molecule has 0 saturated carbocycles. The highest BCUT2D eigenvalue weighted by molar-refractivity contribution is 5.15. The quantitative estimate of drug-likeness (QED) is 0.566. The first-order valence-electron chi connectivity index (χ1n) is 4.19. The molecule has 1 heteroatoms. The van der Waals surface area contributed by atoms with E-state index in [4.69, 9.17) is 5.26 Å². The van der Waals surface area contributed by atoms with Crippen LogP contribution in [0.3, 0.4) is 0 Å². The monoisotopic (exact) mass is 151 g/mol. The summed E-state index contributed by atoms with van der Waals surface area (Å²) >= 11 is 0. The fourth-order valence-corrected chi connectivity index (χ4v) is 1.04. The molecule has 0 spiro atoms. The van der Waals surface area contributed by atoms with Crippen molar-refractivity contribution in [3.05, 3.63) is 12.2 Å². The molecule has 0 bridgehead atoms. The van der Waals surface area contributed by atoms with Crippen molar-refractivity contribution in [2.75, 3.05) is 0 Å². The lowest BCUT2D eigenvalue weighted by atomic mass is 9.89. The lowest BCUT2D eigenvalue weighted by Gasteiger charge is -2.16. The lowest BCUT2D eigenvalue weighted by molar-refractivity contribution is 0.377. The molecule has 1 nitrogen and oxygen atoms in total. The molecule has 0 aliphatic rings. The minimum absolute atomic E-state index is 0.590. The number of hydrogen-bond acceptors (Lipinski definition) is 1. The number of allylic oxidation sites excluding steroid dienone is 1. The Morgan fingerprint density at radius 3 is 2.36 bits per heavy atom. The summed E-state index contributed by atoms with van der Waals surface area (Å²) < 4.78 is 0. The molecular weight excluding hydrogens is 134 g/mol. The maximum absolute atomic E-state index is 8.49. The molecule has 0 aromatic heterocycles. The Morgan fingerprint density at radius 1 is 1.45 bits per heavy atom. The number of hydrogen-bond donors (Lipinski definition) is 0. The SMILES string of the molecule is C=C(C#N)C[C@H](C)C(C)CC. The molecule has 2 atom stereocenters. The van der Waals surface area contributed by atoms with Gasteiger partial charge in [-0.3, -0.25) is 0 Å². The largest absolute Gasteiger partial charge is 0.193 e. The molecule has 0 N–H and O–H groups in total. The maximum Gasteiger partial charge on any atom is 0.0940 e. The van der Waals surface area contributed by atoms with Gasteiger partial charge in [0.05, 0.1) is 6.07 Å². The Labute approximate surface area is 69.7 Å². The van der Waals surface area contributed by atoms with E-state index >= 15 is 0 Å². The van der Waals surface area contributed by atoms with Gasteiger partial charge >= 0.3 is 0 Å². The van der Waals surface area contributed by atoms with Crippen LogP contribution >= 0.6 is 0 Å². The van der Waals surface area contributed by atoms with E-state index in [-0.39, 0.29) is 0 Å². The normalized spacial score (nSPS) is 15.1. The second kappa shape index (κ2) is 4.96. The first kappa shape index (κ1) is 10.2. The molecule has 0 fully saturated rings. The minimum atomic E-state index is 0.590. The van der Waals surface area contributed by atoms with Crippen LogP contribution in [0.4, 0.5) is 0 Å². The van der Waals surface area contributed by atoms with Crippen molar-refractivity contribution < 1.29 is 0 Å². The Kier molecular flexibility index (Phi) is 4.61. The predicted molar refractivity (Wildman–Crippen MR) is 48.0 cm³/mol. The summed E-state index contributed by atoms with van der Waals surface area (Å²) in [5.74, 6) is 1.28. The topological polar surface area (TPSA) is 23.8 Å². The van der Waals surface area contributed by atoms with Gasteiger partial charge in [-0.05, 0) is 18.3 Å². The molecule has 0 aliphatic heterocycles. The van der Waals surface area contributed by atoms with Crippen molar-refractivity contribution in [2.45, 2.75) is 33.6 Å². The van der Waals surface area contributed by atoms with Gasteiger partial charge in [-0.1, -0.05) is 33.8 Å². The van der Waals surface area contributed by atoms with E-state index in [0.717, 1.165) is 6.42 Å². The predicted octanol–water partition coefficient (Wildman–Crippen LogP) is 3.14. The summed E-state index contributed by atoms with van der Waals surface area (Å²) in [5.41, 5.74) is 0.706. The molecule has 0 rings (SSSR count). The molecular formula is C10H17N. The first-order chi connectivity index (χ1) is 5.11. The summed E-state index contributed by atoms with van der Waals surface area (Å²) in [4.78, 5) is 0. The fraction of sp³-hybridized carbons (Fsp3) is 0.700. The van der Waals surface area contributed by atoms with Crippen LogP contribution in [0.2, 0.25) is 0 Å². The number of nitriles is 1. The van der Waals surface area contributed by atoms with Crippen LogP contribution in [0.15, 0.2) is 12.2 Å². The summed E-state index contributed by atoms with van der Waals surface area (Å²) in [6, 6.07) is 2.08. The molecule has 0 aliphatic carbocycles. The molecule has 0 saturated heterocycles. The van der Waals surface area contributed by atoms with Gasteiger partial charge in [0, 0.05) is 5.57 Å². The fourth-order valence-electron chi connectivity index (χ4n) is 1.04. The summed E-state index contributed by atoms with van der Waals surface area (Å²) in [6.07, 6.45) is 2.03. The van der Waals surface area contributed by atoms with E-state index in [1.165, 1.54) is 6.42 Å². The molecule has 11 heavy (non-hydrogen) atoms. The van der Waals surface area contributed by atoms with E-state index in [2.05, 4.69) is 33.4 Å². The van der Waals surface area contributed by atoms with Crippen LogP contribution in [-0.2, 0) is 0 Å². The zero-order valence-electron chi connectivity index (χ0n) is 7.72. The highest BCUT2D eigenvalue weighted by Crippen LogP contribution is 2.20. The standard InChI is InChI=1S/C10H17N/c1-5-9(3)10(4)6-8(2)7-11/h9-10H,2,5-6H2,1,3-4H3/t9?,10-/m0/s1. The second-order valence-electron chi connectivity index (χ2n) is 3.28. The van der Waals surface area contributed by atoms with Crippen molar-refractivity contribution in [3.8, 4) is 6.07 Å². The molecule has 0 aromatic carbocycles. The second-order valence-corrected chi connectivity index (χ2v) is 3.28. The van der Waals surface area contributed by atoms with Gasteiger partial charge in [0.2, 0.25) is 0 Å². The summed E-state index contributed by atoms with van der Waals surface area (Å²) in [6.45, 7) is 10.2. The van der Waals surface area contributed by atoms with Gasteiger partial charge in [0.15, 0.2) is 0 Å². The zero-order chi connectivity index (χ0) is 8.85. The van der Waals surface area contributed by atoms with Gasteiger partial charge in [-0.2, -0.15) is 5.26 Å². The molecule has 0 amide bonds. The van der Waals surface area contributed by atoms with Crippen LogP contribution in [0.25, 0.3) is 0 Å². The first-order valence-corrected chi connectivity index (χ1v) is 4.19. The van der Waals surface area contributed by atoms with Gasteiger partial charge in [0.25, 0.3) is 0 Å². The van der Waals surface area contributed by atoms with Crippen molar-refractivity contribution in [3.63, 3.8) is 0 Å². The van der Waals surface area contributed by atoms with E-state index in [0.29, 0.717) is 17.4 Å². The zero-order valence-corrected chi connectivity index (χ0v) is 7.72. The van der Waals surface area contributed by atoms with Crippen molar-refractivity contribution >= 4 is 0 Å². The molecule has 0 radical (unpaired) electrons. The van der Waals surface area contributed by atoms with Crippen LogP contribution < -0.4 is 0 Å². The van der Waals surface area contributed by atoms with Gasteiger partial charge in [-0.15, -0.1) is 0 Å². The molecule has 1 unspecified atom stereocenters. The molecule has 62 valence electrons. The van der Waals surface area contributed by atoms with E-state index in [1.54, 1.807) is 0 Å². The highest BCUT2D eigenvalue weighted by atomic mass is 14.3. The Morgan fingerprint density at radius 2 is 2.00 bits per heavy atom. The minimum Gasteiger partial charge on any atom is -0.193 e. The number of rotatable bonds is 4. The third-order valence-electron chi connectivity index (χ3n) is 2.34. The van der Waals surface area contributed by atoms with Crippen LogP contribution in [0.1, 0.15) is 33.6 Å². The smallest absolute Gasteiger partial charge is 0.0940 e. The molecule has 0 aromatic rings. The lowest BCUT2D eigenvalue weighted by Crippen LogP contribution is -2.06. The Bertz CT molecular complexity index is 164. The van der Waals surface area contributed by atoms with E-state index in [1.807, 2.05) is 0 Å². The van der Waals surface area contributed by atoms with Crippen molar-refractivity contribution in [2.24, 2.45) is 11.8 Å². The van der Waals surface area contributed by atoms with Crippen LogP contribution in [0.5, 0.6) is 0 Å². The van der Waals surface area contributed by atoms with Gasteiger partial charge in [0.1, 0.15) is 0 Å². The van der Waals surface area contributed by atoms with Crippen LogP contribution in [-0.4, -0.2) is 0 Å².